The zero-order chi connectivity index (χ0) is 11.5. The van der Waals surface area contributed by atoms with E-state index in [9.17, 15) is 9.50 Å². The molecule has 0 saturated heterocycles. The van der Waals surface area contributed by atoms with Crippen molar-refractivity contribution in [1.29, 1.82) is 0 Å². The maximum atomic E-state index is 13.3. The number of hydrogen-bond donors (Lipinski definition) is 1. The number of hydrogen-bond acceptors (Lipinski definition) is 2. The molecule has 0 aromatic heterocycles. The van der Waals surface area contributed by atoms with Gasteiger partial charge in [-0.3, -0.25) is 0 Å². The van der Waals surface area contributed by atoms with Gasteiger partial charge in [0.1, 0.15) is 11.9 Å². The molecule has 0 spiro atoms. The molecule has 1 aromatic rings. The summed E-state index contributed by atoms with van der Waals surface area (Å²) >= 11 is 3.14. The predicted molar refractivity (Wildman–Crippen MR) is 62.3 cm³/mol. The Morgan fingerprint density at radius 1 is 1.44 bits per heavy atom. The van der Waals surface area contributed by atoms with E-state index in [4.69, 9.17) is 4.74 Å². The first kappa shape index (κ1) is 11.6. The fraction of sp³-hybridized carbons (Fsp3) is 0.333. The predicted octanol–water partition coefficient (Wildman–Crippen LogP) is 3.32. The van der Waals surface area contributed by atoms with Crippen LogP contribution in [0.15, 0.2) is 34.5 Å². The summed E-state index contributed by atoms with van der Waals surface area (Å²) in [4.78, 5) is 0. The fourth-order valence-electron chi connectivity index (χ4n) is 1.72. The summed E-state index contributed by atoms with van der Waals surface area (Å²) in [5.74, 6) is -0.367. The van der Waals surface area contributed by atoms with Crippen molar-refractivity contribution in [2.45, 2.75) is 18.9 Å². The van der Waals surface area contributed by atoms with E-state index >= 15 is 0 Å². The summed E-state index contributed by atoms with van der Waals surface area (Å²) in [7, 11) is 0. The van der Waals surface area contributed by atoms with Gasteiger partial charge in [0.25, 0.3) is 0 Å². The molecule has 0 aliphatic carbocycles. The molecule has 1 aliphatic heterocycles. The van der Waals surface area contributed by atoms with Gasteiger partial charge in [0.05, 0.1) is 17.3 Å². The molecule has 1 N–H and O–H groups in total. The normalized spacial score (nSPS) is 17.6. The smallest absolute Gasteiger partial charge is 0.137 e. The van der Waals surface area contributed by atoms with Crippen LogP contribution in [0.3, 0.4) is 0 Å². The van der Waals surface area contributed by atoms with Crippen LogP contribution in [-0.2, 0) is 4.74 Å². The van der Waals surface area contributed by atoms with E-state index in [1.807, 2.05) is 0 Å². The lowest BCUT2D eigenvalue weighted by Gasteiger charge is -2.20. The molecular formula is C12H12BrFO2. The van der Waals surface area contributed by atoms with E-state index in [-0.39, 0.29) is 5.82 Å². The molecule has 0 saturated carbocycles. The van der Waals surface area contributed by atoms with Gasteiger partial charge in [-0.15, -0.1) is 0 Å². The van der Waals surface area contributed by atoms with E-state index in [1.165, 1.54) is 6.07 Å². The maximum absolute atomic E-state index is 13.3. The highest BCUT2D eigenvalue weighted by atomic mass is 79.9. The molecule has 1 aromatic carbocycles. The summed E-state index contributed by atoms with van der Waals surface area (Å²) in [5, 5.41) is 10.1. The van der Waals surface area contributed by atoms with Crippen molar-refractivity contribution in [3.63, 3.8) is 0 Å². The van der Waals surface area contributed by atoms with Crippen LogP contribution in [0.25, 0.3) is 0 Å². The third kappa shape index (κ3) is 2.28. The monoisotopic (exact) mass is 286 g/mol. The van der Waals surface area contributed by atoms with Crippen molar-refractivity contribution in [3.05, 3.63) is 45.9 Å². The fourth-order valence-corrected chi connectivity index (χ4v) is 2.20. The van der Waals surface area contributed by atoms with Crippen molar-refractivity contribution in [1.82, 2.24) is 0 Å². The summed E-state index contributed by atoms with van der Waals surface area (Å²) < 4.78 is 18.8. The highest BCUT2D eigenvalue weighted by Crippen LogP contribution is 2.33. The van der Waals surface area contributed by atoms with E-state index < -0.39 is 6.10 Å². The highest BCUT2D eigenvalue weighted by molar-refractivity contribution is 9.10. The van der Waals surface area contributed by atoms with Gasteiger partial charge in [0.2, 0.25) is 0 Å². The molecule has 1 unspecified atom stereocenters. The molecule has 0 radical (unpaired) electrons. The summed E-state index contributed by atoms with van der Waals surface area (Å²) in [6, 6.07) is 4.64. The SMILES string of the molecule is OC(C1=COCCC1)c1cccc(F)c1Br. The number of ether oxygens (including phenoxy) is 1. The Labute approximate surface area is 102 Å². The number of aliphatic hydroxyl groups is 1. The molecule has 1 aliphatic rings. The van der Waals surface area contributed by atoms with Crippen LogP contribution < -0.4 is 0 Å². The molecule has 2 nitrogen and oxygen atoms in total. The molecule has 0 amide bonds. The summed E-state index contributed by atoms with van der Waals surface area (Å²) in [5.41, 5.74) is 1.33. The number of benzene rings is 1. The van der Waals surface area contributed by atoms with Crippen LogP contribution in [0.4, 0.5) is 4.39 Å². The van der Waals surface area contributed by atoms with Crippen LogP contribution in [0.1, 0.15) is 24.5 Å². The van der Waals surface area contributed by atoms with Crippen molar-refractivity contribution in [2.75, 3.05) is 6.61 Å². The van der Waals surface area contributed by atoms with Gasteiger partial charge < -0.3 is 9.84 Å². The maximum Gasteiger partial charge on any atom is 0.137 e. The minimum atomic E-state index is -0.801. The average molecular weight is 287 g/mol. The summed E-state index contributed by atoms with van der Waals surface area (Å²) in [6.07, 6.45) is 2.44. The Kier molecular flexibility index (Phi) is 3.61. The molecule has 86 valence electrons. The largest absolute Gasteiger partial charge is 0.501 e. The second-order valence-corrected chi connectivity index (χ2v) is 4.51. The molecule has 2 rings (SSSR count). The third-order valence-corrected chi connectivity index (χ3v) is 3.43. The first-order valence-electron chi connectivity index (χ1n) is 5.12. The first-order chi connectivity index (χ1) is 7.70. The minimum Gasteiger partial charge on any atom is -0.501 e. The van der Waals surface area contributed by atoms with Crippen LogP contribution in [0.5, 0.6) is 0 Å². The van der Waals surface area contributed by atoms with Crippen molar-refractivity contribution in [2.24, 2.45) is 0 Å². The summed E-state index contributed by atoms with van der Waals surface area (Å²) in [6.45, 7) is 0.681. The van der Waals surface area contributed by atoms with Gasteiger partial charge in [-0.25, -0.2) is 4.39 Å². The number of aliphatic hydroxyl groups excluding tert-OH is 1. The lowest BCUT2D eigenvalue weighted by atomic mass is 9.98. The van der Waals surface area contributed by atoms with E-state index in [0.29, 0.717) is 16.6 Å². The molecule has 1 atom stereocenters. The molecule has 1 heterocycles. The van der Waals surface area contributed by atoms with Crippen molar-refractivity contribution in [3.8, 4) is 0 Å². The zero-order valence-corrected chi connectivity index (χ0v) is 10.2. The van der Waals surface area contributed by atoms with Crippen LogP contribution in [0, 0.1) is 5.82 Å². The minimum absolute atomic E-state index is 0.314. The standard InChI is InChI=1S/C12H12BrFO2/c13-11-9(4-1-5-10(11)14)12(15)8-3-2-6-16-7-8/h1,4-5,7,12,15H,2-3,6H2. The van der Waals surface area contributed by atoms with Crippen LogP contribution >= 0.6 is 15.9 Å². The molecular weight excluding hydrogens is 275 g/mol. The highest BCUT2D eigenvalue weighted by Gasteiger charge is 2.19. The average Bonchev–Trinajstić information content (AvgIpc) is 2.33. The van der Waals surface area contributed by atoms with Crippen LogP contribution in [0.2, 0.25) is 0 Å². The lowest BCUT2D eigenvalue weighted by molar-refractivity contribution is 0.169. The van der Waals surface area contributed by atoms with Gasteiger partial charge in [0.15, 0.2) is 0 Å². The topological polar surface area (TPSA) is 29.5 Å². The third-order valence-electron chi connectivity index (χ3n) is 2.59. The molecule has 4 heteroatoms. The Morgan fingerprint density at radius 2 is 2.25 bits per heavy atom. The molecule has 0 fully saturated rings. The van der Waals surface area contributed by atoms with Gasteiger partial charge in [-0.1, -0.05) is 12.1 Å². The molecule has 0 bridgehead atoms. The number of rotatable bonds is 2. The van der Waals surface area contributed by atoms with E-state index in [1.54, 1.807) is 18.4 Å². The van der Waals surface area contributed by atoms with Crippen LogP contribution in [-0.4, -0.2) is 11.7 Å². The van der Waals surface area contributed by atoms with Crippen molar-refractivity contribution < 1.29 is 14.2 Å². The zero-order valence-electron chi connectivity index (χ0n) is 8.62. The first-order valence-corrected chi connectivity index (χ1v) is 5.92. The Hall–Kier alpha value is -0.870. The second-order valence-electron chi connectivity index (χ2n) is 3.71. The quantitative estimate of drug-likeness (QED) is 0.904. The number of halogens is 2. The Balaban J connectivity index is 2.29. The van der Waals surface area contributed by atoms with Crippen molar-refractivity contribution >= 4 is 15.9 Å². The Bertz CT molecular complexity index is 417. The van der Waals surface area contributed by atoms with Gasteiger partial charge in [-0.05, 0) is 40.4 Å². The van der Waals surface area contributed by atoms with Gasteiger partial charge >= 0.3 is 0 Å². The lowest BCUT2D eigenvalue weighted by Crippen LogP contribution is -2.08. The Morgan fingerprint density at radius 3 is 2.94 bits per heavy atom. The second kappa shape index (κ2) is 4.97. The van der Waals surface area contributed by atoms with Gasteiger partial charge in [0, 0.05) is 5.56 Å². The molecule has 16 heavy (non-hydrogen) atoms. The van der Waals surface area contributed by atoms with E-state index in [0.717, 1.165) is 18.4 Å². The van der Waals surface area contributed by atoms with Gasteiger partial charge in [-0.2, -0.15) is 0 Å². The van der Waals surface area contributed by atoms with E-state index in [2.05, 4.69) is 15.9 Å².